The lowest BCUT2D eigenvalue weighted by atomic mass is 9.79. The van der Waals surface area contributed by atoms with E-state index in [1.807, 2.05) is 6.08 Å². The van der Waals surface area contributed by atoms with Crippen molar-refractivity contribution in [3.05, 3.63) is 23.8 Å². The van der Waals surface area contributed by atoms with Gasteiger partial charge in [-0.05, 0) is 24.0 Å². The minimum Gasteiger partial charge on any atom is -0.386 e. The molecule has 0 aromatic heterocycles. The van der Waals surface area contributed by atoms with Crippen LogP contribution in [0.3, 0.4) is 0 Å². The molecule has 2 N–H and O–H groups in total. The average Bonchev–Trinajstić information content (AvgIpc) is 1.92. The third-order valence-corrected chi connectivity index (χ3v) is 2.37. The first-order chi connectivity index (χ1) is 5.73. The molecule has 0 aromatic rings. The molecule has 2 atom stereocenters. The standard InChI is InChI=1S/C11H18O2/c1-10(2,3)8-5-6-9(12)11(4,13)7-8/h5-7,9,12-13H,1-4H3. The summed E-state index contributed by atoms with van der Waals surface area (Å²) in [5.74, 6) is 0. The van der Waals surface area contributed by atoms with Crippen LogP contribution >= 0.6 is 0 Å². The molecule has 1 aliphatic carbocycles. The van der Waals surface area contributed by atoms with Crippen molar-refractivity contribution >= 4 is 0 Å². The maximum atomic E-state index is 9.80. The van der Waals surface area contributed by atoms with Crippen molar-refractivity contribution < 1.29 is 10.2 Å². The summed E-state index contributed by atoms with van der Waals surface area (Å²) in [6.45, 7) is 7.86. The molecule has 0 amide bonds. The lowest BCUT2D eigenvalue weighted by Gasteiger charge is -2.32. The van der Waals surface area contributed by atoms with Crippen LogP contribution in [-0.2, 0) is 0 Å². The molecule has 2 nitrogen and oxygen atoms in total. The van der Waals surface area contributed by atoms with Gasteiger partial charge < -0.3 is 10.2 Å². The fourth-order valence-corrected chi connectivity index (χ4v) is 1.30. The van der Waals surface area contributed by atoms with Crippen LogP contribution in [0.2, 0.25) is 0 Å². The molecule has 0 heterocycles. The molecule has 1 rings (SSSR count). The molecule has 2 unspecified atom stereocenters. The molecule has 1 aliphatic rings. The molecular formula is C11H18O2. The summed E-state index contributed by atoms with van der Waals surface area (Å²) in [6, 6.07) is 0. The monoisotopic (exact) mass is 182 g/mol. The van der Waals surface area contributed by atoms with Gasteiger partial charge in [0.15, 0.2) is 0 Å². The summed E-state index contributed by atoms with van der Waals surface area (Å²) < 4.78 is 0. The number of allylic oxidation sites excluding steroid dienone is 2. The lowest BCUT2D eigenvalue weighted by molar-refractivity contribution is -0.00239. The van der Waals surface area contributed by atoms with Crippen molar-refractivity contribution in [2.24, 2.45) is 5.41 Å². The highest BCUT2D eigenvalue weighted by atomic mass is 16.3. The number of hydrogen-bond donors (Lipinski definition) is 2. The van der Waals surface area contributed by atoms with Gasteiger partial charge in [0.1, 0.15) is 11.7 Å². The first-order valence-corrected chi connectivity index (χ1v) is 4.55. The molecule has 0 spiro atoms. The van der Waals surface area contributed by atoms with Gasteiger partial charge in [0, 0.05) is 0 Å². The Kier molecular flexibility index (Phi) is 2.39. The molecule has 0 bridgehead atoms. The van der Waals surface area contributed by atoms with E-state index in [1.165, 1.54) is 0 Å². The summed E-state index contributed by atoms with van der Waals surface area (Å²) in [5, 5.41) is 19.2. The molecular weight excluding hydrogens is 164 g/mol. The van der Waals surface area contributed by atoms with Crippen molar-refractivity contribution in [2.75, 3.05) is 0 Å². The fourth-order valence-electron chi connectivity index (χ4n) is 1.30. The molecule has 0 saturated heterocycles. The minimum absolute atomic E-state index is 0.0145. The van der Waals surface area contributed by atoms with Gasteiger partial charge in [-0.25, -0.2) is 0 Å². The van der Waals surface area contributed by atoms with Gasteiger partial charge in [0.05, 0.1) is 0 Å². The summed E-state index contributed by atoms with van der Waals surface area (Å²) in [6.07, 6.45) is 4.46. The van der Waals surface area contributed by atoms with Crippen molar-refractivity contribution in [1.82, 2.24) is 0 Å². The Hall–Kier alpha value is -0.600. The molecule has 2 heteroatoms. The zero-order valence-electron chi connectivity index (χ0n) is 8.70. The van der Waals surface area contributed by atoms with Crippen LogP contribution in [0.4, 0.5) is 0 Å². The SMILES string of the molecule is CC(C)(C)C1=CC(C)(O)C(O)C=C1. The lowest BCUT2D eigenvalue weighted by Crippen LogP contribution is -2.38. The molecule has 0 aliphatic heterocycles. The predicted molar refractivity (Wildman–Crippen MR) is 53.3 cm³/mol. The summed E-state index contributed by atoms with van der Waals surface area (Å²) >= 11 is 0. The Labute approximate surface area is 79.6 Å². The highest BCUT2D eigenvalue weighted by Gasteiger charge is 2.31. The minimum atomic E-state index is -1.13. The number of rotatable bonds is 0. The zero-order chi connectivity index (χ0) is 10.3. The normalized spacial score (nSPS) is 34.6. The first-order valence-electron chi connectivity index (χ1n) is 4.55. The van der Waals surface area contributed by atoms with Gasteiger partial charge in [0.25, 0.3) is 0 Å². The predicted octanol–water partition coefficient (Wildman–Crippen LogP) is 1.64. The van der Waals surface area contributed by atoms with E-state index >= 15 is 0 Å². The quantitative estimate of drug-likeness (QED) is 0.598. The van der Waals surface area contributed by atoms with Crippen molar-refractivity contribution in [3.63, 3.8) is 0 Å². The average molecular weight is 182 g/mol. The van der Waals surface area contributed by atoms with E-state index in [1.54, 1.807) is 19.1 Å². The second-order valence-corrected chi connectivity index (χ2v) is 4.88. The summed E-state index contributed by atoms with van der Waals surface area (Å²) in [5.41, 5.74) is -0.0550. The van der Waals surface area contributed by atoms with E-state index in [0.29, 0.717) is 0 Å². The van der Waals surface area contributed by atoms with Crippen molar-refractivity contribution in [2.45, 2.75) is 39.4 Å². The van der Waals surface area contributed by atoms with Gasteiger partial charge in [-0.3, -0.25) is 0 Å². The Morgan fingerprint density at radius 3 is 2.31 bits per heavy atom. The van der Waals surface area contributed by atoms with E-state index in [9.17, 15) is 10.2 Å². The van der Waals surface area contributed by atoms with Crippen LogP contribution in [0.15, 0.2) is 23.8 Å². The maximum Gasteiger partial charge on any atom is 0.110 e. The van der Waals surface area contributed by atoms with E-state index in [4.69, 9.17) is 0 Å². The van der Waals surface area contributed by atoms with Gasteiger partial charge in [-0.15, -0.1) is 0 Å². The van der Waals surface area contributed by atoms with Crippen LogP contribution in [0, 0.1) is 5.41 Å². The van der Waals surface area contributed by atoms with Crippen LogP contribution in [-0.4, -0.2) is 21.9 Å². The van der Waals surface area contributed by atoms with E-state index in [-0.39, 0.29) is 5.41 Å². The molecule has 13 heavy (non-hydrogen) atoms. The third kappa shape index (κ3) is 2.20. The fraction of sp³-hybridized carbons (Fsp3) is 0.636. The first kappa shape index (κ1) is 10.5. The van der Waals surface area contributed by atoms with E-state index < -0.39 is 11.7 Å². The van der Waals surface area contributed by atoms with Crippen LogP contribution in [0.5, 0.6) is 0 Å². The highest BCUT2D eigenvalue weighted by Crippen LogP contribution is 2.32. The smallest absolute Gasteiger partial charge is 0.110 e. The summed E-state index contributed by atoms with van der Waals surface area (Å²) in [7, 11) is 0. The second-order valence-electron chi connectivity index (χ2n) is 4.88. The van der Waals surface area contributed by atoms with Crippen molar-refractivity contribution in [1.29, 1.82) is 0 Å². The maximum absolute atomic E-state index is 9.80. The Morgan fingerprint density at radius 2 is 1.92 bits per heavy atom. The Bertz CT molecular complexity index is 254. The van der Waals surface area contributed by atoms with E-state index in [0.717, 1.165) is 5.57 Å². The Balaban J connectivity index is 2.99. The second kappa shape index (κ2) is 2.96. The largest absolute Gasteiger partial charge is 0.386 e. The number of aliphatic hydroxyl groups is 2. The third-order valence-electron chi connectivity index (χ3n) is 2.37. The zero-order valence-corrected chi connectivity index (χ0v) is 8.70. The highest BCUT2D eigenvalue weighted by molar-refractivity contribution is 5.34. The number of hydrogen-bond acceptors (Lipinski definition) is 2. The van der Waals surface area contributed by atoms with Gasteiger partial charge in [-0.1, -0.05) is 32.9 Å². The van der Waals surface area contributed by atoms with Crippen LogP contribution < -0.4 is 0 Å². The van der Waals surface area contributed by atoms with Gasteiger partial charge >= 0.3 is 0 Å². The molecule has 0 saturated carbocycles. The summed E-state index contributed by atoms with van der Waals surface area (Å²) in [4.78, 5) is 0. The topological polar surface area (TPSA) is 40.5 Å². The number of aliphatic hydroxyl groups excluding tert-OH is 1. The molecule has 0 aromatic carbocycles. The Morgan fingerprint density at radius 1 is 1.38 bits per heavy atom. The van der Waals surface area contributed by atoms with E-state index in [2.05, 4.69) is 20.8 Å². The molecule has 0 radical (unpaired) electrons. The van der Waals surface area contributed by atoms with Gasteiger partial charge in [0.2, 0.25) is 0 Å². The van der Waals surface area contributed by atoms with Crippen LogP contribution in [0.25, 0.3) is 0 Å². The molecule has 0 fully saturated rings. The molecule has 74 valence electrons. The van der Waals surface area contributed by atoms with Crippen LogP contribution in [0.1, 0.15) is 27.7 Å². The van der Waals surface area contributed by atoms with Gasteiger partial charge in [-0.2, -0.15) is 0 Å². The van der Waals surface area contributed by atoms with Crippen molar-refractivity contribution in [3.8, 4) is 0 Å².